The third-order valence-electron chi connectivity index (χ3n) is 5.50. The van der Waals surface area contributed by atoms with E-state index in [1.807, 2.05) is 0 Å². The van der Waals surface area contributed by atoms with Gasteiger partial charge in [0.25, 0.3) is 0 Å². The molecule has 0 radical (unpaired) electrons. The van der Waals surface area contributed by atoms with Gasteiger partial charge in [0.1, 0.15) is 0 Å². The van der Waals surface area contributed by atoms with Crippen LogP contribution in [0.15, 0.2) is 0 Å². The van der Waals surface area contributed by atoms with Crippen molar-refractivity contribution in [2.24, 2.45) is 16.9 Å². The summed E-state index contributed by atoms with van der Waals surface area (Å²) in [6.07, 6.45) is 6.72. The maximum absolute atomic E-state index is 6.70. The van der Waals surface area contributed by atoms with Crippen LogP contribution in [0, 0.1) is 5.41 Å². The fourth-order valence-corrected chi connectivity index (χ4v) is 10.3. The Balaban J connectivity index is 5.27. The Hall–Kier alpha value is 0.234. The monoisotopic (exact) mass is 392 g/mol. The van der Waals surface area contributed by atoms with Gasteiger partial charge in [-0.15, -0.1) is 0 Å². The maximum atomic E-state index is 6.70. The Bertz CT molecular complexity index is 313. The van der Waals surface area contributed by atoms with E-state index in [9.17, 15) is 0 Å². The molecule has 0 aromatic heterocycles. The van der Waals surface area contributed by atoms with Crippen LogP contribution < -0.4 is 11.5 Å². The SMILES string of the molecule is CCO[Si](CC)(OCC)[SiH2]OC(CCCN)C(CC)(CC)CCCN. The molecule has 0 saturated heterocycles. The van der Waals surface area contributed by atoms with E-state index in [-0.39, 0.29) is 11.5 Å². The first-order valence-electron chi connectivity index (χ1n) is 10.3. The van der Waals surface area contributed by atoms with Gasteiger partial charge >= 0.3 is 8.08 Å². The van der Waals surface area contributed by atoms with E-state index in [0.717, 1.165) is 57.7 Å². The molecule has 4 N–H and O–H groups in total. The quantitative estimate of drug-likeness (QED) is 0.372. The molecule has 0 bridgehead atoms. The van der Waals surface area contributed by atoms with E-state index >= 15 is 0 Å². The summed E-state index contributed by atoms with van der Waals surface area (Å²) in [5.41, 5.74) is 11.8. The minimum Gasteiger partial charge on any atom is -0.418 e. The number of hydrogen-bond acceptors (Lipinski definition) is 5. The van der Waals surface area contributed by atoms with Gasteiger partial charge < -0.3 is 24.7 Å². The lowest BCUT2D eigenvalue weighted by Gasteiger charge is -2.42. The van der Waals surface area contributed by atoms with E-state index in [4.69, 9.17) is 24.7 Å². The highest BCUT2D eigenvalue weighted by molar-refractivity contribution is 7.15. The summed E-state index contributed by atoms with van der Waals surface area (Å²) in [6.45, 7) is 13.8. The molecule has 0 saturated carbocycles. The number of hydrogen-bond donors (Lipinski definition) is 2. The second-order valence-electron chi connectivity index (χ2n) is 6.82. The summed E-state index contributed by atoms with van der Waals surface area (Å²) < 4.78 is 19.0. The normalized spacial score (nSPS) is 14.5. The average molecular weight is 393 g/mol. The van der Waals surface area contributed by atoms with Crippen molar-refractivity contribution in [3.63, 3.8) is 0 Å². The van der Waals surface area contributed by atoms with E-state index in [1.165, 1.54) is 0 Å². The molecule has 7 heteroatoms. The minimum absolute atomic E-state index is 0.202. The highest BCUT2D eigenvalue weighted by Crippen LogP contribution is 2.39. The molecule has 0 aromatic carbocycles. The molecule has 0 fully saturated rings. The second-order valence-corrected chi connectivity index (χ2v) is 14.6. The van der Waals surface area contributed by atoms with Crippen molar-refractivity contribution in [1.82, 2.24) is 0 Å². The van der Waals surface area contributed by atoms with Crippen LogP contribution in [-0.4, -0.2) is 49.8 Å². The van der Waals surface area contributed by atoms with E-state index < -0.39 is 17.4 Å². The summed E-state index contributed by atoms with van der Waals surface area (Å²) in [6, 6.07) is 0.971. The van der Waals surface area contributed by atoms with Crippen molar-refractivity contribution in [2.75, 3.05) is 26.3 Å². The molecule has 0 heterocycles. The van der Waals surface area contributed by atoms with Gasteiger partial charge in [-0.05, 0) is 76.9 Å². The Morgan fingerprint density at radius 3 is 1.88 bits per heavy atom. The van der Waals surface area contributed by atoms with E-state index in [1.54, 1.807) is 0 Å². The van der Waals surface area contributed by atoms with E-state index in [2.05, 4.69) is 34.6 Å². The molecule has 5 nitrogen and oxygen atoms in total. The average Bonchev–Trinajstić information content (AvgIpc) is 2.64. The number of nitrogens with two attached hydrogens (primary N) is 2. The first kappa shape index (κ1) is 25.2. The van der Waals surface area contributed by atoms with Crippen molar-refractivity contribution >= 4 is 17.4 Å². The zero-order valence-corrected chi connectivity index (χ0v) is 19.9. The first-order chi connectivity index (χ1) is 12.0. The van der Waals surface area contributed by atoms with Crippen LogP contribution in [0.2, 0.25) is 6.04 Å². The molecule has 0 aliphatic carbocycles. The highest BCUT2D eigenvalue weighted by Gasteiger charge is 2.41. The third-order valence-corrected chi connectivity index (χ3v) is 13.8. The predicted molar refractivity (Wildman–Crippen MR) is 112 cm³/mol. The Kier molecular flexibility index (Phi) is 14.4. The van der Waals surface area contributed by atoms with Gasteiger partial charge in [0, 0.05) is 19.3 Å². The van der Waals surface area contributed by atoms with Gasteiger partial charge in [0.2, 0.25) is 9.28 Å². The van der Waals surface area contributed by atoms with Crippen LogP contribution >= 0.6 is 0 Å². The Labute approximate surface area is 159 Å². The van der Waals surface area contributed by atoms with Crippen LogP contribution in [0.4, 0.5) is 0 Å². The largest absolute Gasteiger partial charge is 0.418 e. The van der Waals surface area contributed by atoms with Gasteiger partial charge in [0.05, 0.1) is 0 Å². The van der Waals surface area contributed by atoms with E-state index in [0.29, 0.717) is 13.2 Å². The lowest BCUT2D eigenvalue weighted by Crippen LogP contribution is -2.52. The van der Waals surface area contributed by atoms with Crippen LogP contribution in [0.1, 0.15) is 73.1 Å². The smallest absolute Gasteiger partial charge is 0.341 e. The van der Waals surface area contributed by atoms with Crippen molar-refractivity contribution < 1.29 is 13.3 Å². The van der Waals surface area contributed by atoms with Crippen LogP contribution in [0.3, 0.4) is 0 Å². The standard InChI is InChI=1S/C18H44N2O3Si2/c1-6-18(7-2,14-12-16-20)17(13-11-15-19)23-24-25(10-5,21-8-3)22-9-4/h17H,6-16,19-20,24H2,1-5H3. The van der Waals surface area contributed by atoms with Crippen molar-refractivity contribution in [3.05, 3.63) is 0 Å². The molecule has 0 aliphatic rings. The summed E-state index contributed by atoms with van der Waals surface area (Å²) >= 11 is 0. The minimum atomic E-state index is -2.15. The molecule has 0 spiro atoms. The summed E-state index contributed by atoms with van der Waals surface area (Å²) in [7, 11) is -3.02. The van der Waals surface area contributed by atoms with Gasteiger partial charge in [-0.25, -0.2) is 0 Å². The fourth-order valence-electron chi connectivity index (χ4n) is 3.73. The molecule has 1 atom stereocenters. The molecule has 25 heavy (non-hydrogen) atoms. The van der Waals surface area contributed by atoms with Crippen molar-refractivity contribution in [1.29, 1.82) is 0 Å². The first-order valence-corrected chi connectivity index (χ1v) is 15.3. The van der Waals surface area contributed by atoms with Crippen LogP contribution in [0.25, 0.3) is 0 Å². The molecule has 0 rings (SSSR count). The Morgan fingerprint density at radius 2 is 1.48 bits per heavy atom. The topological polar surface area (TPSA) is 79.7 Å². The molecular weight excluding hydrogens is 348 g/mol. The summed E-state index contributed by atoms with van der Waals surface area (Å²) in [5.74, 6) is 0. The Morgan fingerprint density at radius 1 is 0.920 bits per heavy atom. The molecule has 152 valence electrons. The van der Waals surface area contributed by atoms with Gasteiger partial charge in [-0.1, -0.05) is 20.8 Å². The maximum Gasteiger partial charge on any atom is 0.341 e. The molecular formula is C18H44N2O3Si2. The summed E-state index contributed by atoms with van der Waals surface area (Å²) in [5, 5.41) is 0. The molecule has 0 aromatic rings. The second kappa shape index (κ2) is 14.3. The molecule has 0 aliphatic heterocycles. The van der Waals surface area contributed by atoms with Crippen molar-refractivity contribution in [3.8, 4) is 0 Å². The van der Waals surface area contributed by atoms with Crippen molar-refractivity contribution in [2.45, 2.75) is 85.3 Å². The predicted octanol–water partition coefficient (Wildman–Crippen LogP) is 2.77. The number of rotatable bonds is 17. The molecule has 0 amide bonds. The highest BCUT2D eigenvalue weighted by atomic mass is 29.2. The lowest BCUT2D eigenvalue weighted by molar-refractivity contribution is 0.0241. The zero-order valence-electron chi connectivity index (χ0n) is 17.4. The van der Waals surface area contributed by atoms with Crippen LogP contribution in [-0.2, 0) is 13.3 Å². The third kappa shape index (κ3) is 8.20. The van der Waals surface area contributed by atoms with Crippen LogP contribution in [0.5, 0.6) is 0 Å². The fraction of sp³-hybridized carbons (Fsp3) is 1.00. The summed E-state index contributed by atoms with van der Waals surface area (Å²) in [4.78, 5) is 0. The lowest BCUT2D eigenvalue weighted by atomic mass is 9.72. The van der Waals surface area contributed by atoms with Gasteiger partial charge in [0.15, 0.2) is 0 Å². The molecule has 1 unspecified atom stereocenters. The zero-order chi connectivity index (χ0) is 19.2. The van der Waals surface area contributed by atoms with Gasteiger partial charge in [-0.3, -0.25) is 0 Å². The van der Waals surface area contributed by atoms with Gasteiger partial charge in [-0.2, -0.15) is 0 Å².